The molecule has 0 radical (unpaired) electrons. The molecule has 4 heteroatoms. The van der Waals surface area contributed by atoms with Crippen molar-refractivity contribution in [3.8, 4) is 0 Å². The molecular weight excluding hydrogens is 308 g/mol. The minimum atomic E-state index is 0.757. The minimum absolute atomic E-state index is 0.757. The number of alkyl halides is 1. The molecule has 14 heavy (non-hydrogen) atoms. The van der Waals surface area contributed by atoms with E-state index in [-0.39, 0.29) is 0 Å². The summed E-state index contributed by atoms with van der Waals surface area (Å²) in [6.45, 7) is 0. The zero-order chi connectivity index (χ0) is 10.6. The van der Waals surface area contributed by atoms with Crippen LogP contribution in [0, 0.1) is 0 Å². The molecule has 0 bridgehead atoms. The van der Waals surface area contributed by atoms with Gasteiger partial charge >= 0.3 is 0 Å². The van der Waals surface area contributed by atoms with Crippen molar-refractivity contribution in [3.63, 3.8) is 0 Å². The Morgan fingerprint density at radius 2 is 1.86 bits per heavy atom. The second kappa shape index (κ2) is 5.51. The van der Waals surface area contributed by atoms with Gasteiger partial charge in [-0.1, -0.05) is 44.0 Å². The van der Waals surface area contributed by atoms with Gasteiger partial charge in [-0.2, -0.15) is 5.10 Å². The molecule has 0 heterocycles. The van der Waals surface area contributed by atoms with E-state index in [1.54, 1.807) is 5.01 Å². The Bertz CT molecular complexity index is 317. The molecule has 0 aromatic heterocycles. The quantitative estimate of drug-likeness (QED) is 0.475. The lowest BCUT2D eigenvalue weighted by Crippen LogP contribution is -2.11. The zero-order valence-electron chi connectivity index (χ0n) is 8.17. The molecule has 76 valence electrons. The van der Waals surface area contributed by atoms with E-state index in [4.69, 9.17) is 0 Å². The monoisotopic (exact) mass is 318 g/mol. The number of hydrazone groups is 1. The Hall–Kier alpha value is -0.350. The maximum Gasteiger partial charge on any atom is 0.0782 e. The molecule has 0 unspecified atom stereocenters. The standard InChI is InChI=1S/C10H12Br2N2/c1-14(2)13-10(7-11)8-3-5-9(12)6-4-8/h3-6H,7H2,1-2H3/b13-10-. The van der Waals surface area contributed by atoms with Crippen molar-refractivity contribution in [2.45, 2.75) is 0 Å². The molecule has 0 N–H and O–H groups in total. The van der Waals surface area contributed by atoms with Crippen molar-refractivity contribution < 1.29 is 0 Å². The maximum atomic E-state index is 4.38. The molecule has 1 rings (SSSR count). The second-order valence-electron chi connectivity index (χ2n) is 3.03. The highest BCUT2D eigenvalue weighted by molar-refractivity contribution is 9.10. The van der Waals surface area contributed by atoms with Crippen LogP contribution >= 0.6 is 31.9 Å². The Labute approximate surface area is 101 Å². The summed E-state index contributed by atoms with van der Waals surface area (Å²) in [7, 11) is 3.84. The third-order valence-corrected chi connectivity index (χ3v) is 2.68. The summed E-state index contributed by atoms with van der Waals surface area (Å²) < 4.78 is 1.08. The largest absolute Gasteiger partial charge is 0.303 e. The molecule has 1 aromatic rings. The van der Waals surface area contributed by atoms with Crippen LogP contribution in [0.3, 0.4) is 0 Å². The van der Waals surface area contributed by atoms with Crippen molar-refractivity contribution in [1.29, 1.82) is 0 Å². The Balaban J connectivity index is 2.95. The smallest absolute Gasteiger partial charge is 0.0782 e. The average Bonchev–Trinajstić information content (AvgIpc) is 2.15. The molecule has 0 saturated heterocycles. The summed E-state index contributed by atoms with van der Waals surface area (Å²) in [5, 5.41) is 6.94. The number of hydrogen-bond acceptors (Lipinski definition) is 2. The fourth-order valence-corrected chi connectivity index (χ4v) is 1.75. The molecular formula is C10H12Br2N2. The van der Waals surface area contributed by atoms with Crippen LogP contribution in [0.2, 0.25) is 0 Å². The highest BCUT2D eigenvalue weighted by Crippen LogP contribution is 2.12. The van der Waals surface area contributed by atoms with E-state index in [2.05, 4.69) is 37.0 Å². The number of halogens is 2. The van der Waals surface area contributed by atoms with Crippen LogP contribution in [0.1, 0.15) is 5.56 Å². The van der Waals surface area contributed by atoms with E-state index in [1.165, 1.54) is 0 Å². The first-order valence-corrected chi connectivity index (χ1v) is 6.11. The summed E-state index contributed by atoms with van der Waals surface area (Å²) in [6.07, 6.45) is 0. The van der Waals surface area contributed by atoms with Gasteiger partial charge in [0.2, 0.25) is 0 Å². The van der Waals surface area contributed by atoms with Gasteiger partial charge in [0.15, 0.2) is 0 Å². The van der Waals surface area contributed by atoms with E-state index in [0.717, 1.165) is 21.1 Å². The lowest BCUT2D eigenvalue weighted by atomic mass is 10.1. The molecule has 0 aliphatic carbocycles. The van der Waals surface area contributed by atoms with Crippen LogP contribution in [-0.2, 0) is 0 Å². The van der Waals surface area contributed by atoms with E-state index in [1.807, 2.05) is 38.4 Å². The second-order valence-corrected chi connectivity index (χ2v) is 4.51. The number of hydrogen-bond donors (Lipinski definition) is 0. The maximum absolute atomic E-state index is 4.38. The van der Waals surface area contributed by atoms with Gasteiger partial charge in [-0.05, 0) is 17.7 Å². The van der Waals surface area contributed by atoms with Gasteiger partial charge in [0.1, 0.15) is 0 Å². The summed E-state index contributed by atoms with van der Waals surface area (Å²) in [4.78, 5) is 0. The van der Waals surface area contributed by atoms with Gasteiger partial charge in [-0.3, -0.25) is 0 Å². The topological polar surface area (TPSA) is 15.6 Å². The first kappa shape index (κ1) is 11.7. The lowest BCUT2D eigenvalue weighted by molar-refractivity contribution is 0.438. The van der Waals surface area contributed by atoms with Gasteiger partial charge in [0.25, 0.3) is 0 Å². The van der Waals surface area contributed by atoms with Crippen LogP contribution in [0.4, 0.5) is 0 Å². The van der Waals surface area contributed by atoms with Crippen LogP contribution < -0.4 is 0 Å². The highest BCUT2D eigenvalue weighted by atomic mass is 79.9. The summed E-state index contributed by atoms with van der Waals surface area (Å²) in [5.74, 6) is 0. The molecule has 1 aromatic carbocycles. The molecule has 0 saturated carbocycles. The van der Waals surface area contributed by atoms with Crippen LogP contribution in [-0.4, -0.2) is 30.1 Å². The number of rotatable bonds is 3. The fourth-order valence-electron chi connectivity index (χ4n) is 1.05. The summed E-state index contributed by atoms with van der Waals surface area (Å²) >= 11 is 6.84. The van der Waals surface area contributed by atoms with Crippen LogP contribution in [0.5, 0.6) is 0 Å². The van der Waals surface area contributed by atoms with Crippen molar-refractivity contribution in [2.24, 2.45) is 5.10 Å². The van der Waals surface area contributed by atoms with E-state index in [0.29, 0.717) is 0 Å². The molecule has 0 amide bonds. The number of nitrogens with zero attached hydrogens (tertiary/aromatic N) is 2. The average molecular weight is 320 g/mol. The zero-order valence-corrected chi connectivity index (χ0v) is 11.3. The van der Waals surface area contributed by atoms with E-state index >= 15 is 0 Å². The van der Waals surface area contributed by atoms with Gasteiger partial charge in [0.05, 0.1) is 5.71 Å². The van der Waals surface area contributed by atoms with Crippen molar-refractivity contribution in [2.75, 3.05) is 19.4 Å². The van der Waals surface area contributed by atoms with Crippen molar-refractivity contribution in [1.82, 2.24) is 5.01 Å². The SMILES string of the molecule is CN(C)/N=C(/CBr)c1ccc(Br)cc1. The minimum Gasteiger partial charge on any atom is -0.303 e. The summed E-state index contributed by atoms with van der Waals surface area (Å²) in [5.41, 5.74) is 2.17. The van der Waals surface area contributed by atoms with Crippen molar-refractivity contribution in [3.05, 3.63) is 34.3 Å². The molecule has 0 fully saturated rings. The Morgan fingerprint density at radius 1 is 1.29 bits per heavy atom. The molecule has 0 atom stereocenters. The third-order valence-electron chi connectivity index (χ3n) is 1.62. The highest BCUT2D eigenvalue weighted by Gasteiger charge is 2.01. The van der Waals surface area contributed by atoms with Crippen LogP contribution in [0.15, 0.2) is 33.8 Å². The number of benzene rings is 1. The van der Waals surface area contributed by atoms with Gasteiger partial charge in [0, 0.05) is 23.9 Å². The molecule has 2 nitrogen and oxygen atoms in total. The Kier molecular flexibility index (Phi) is 4.62. The molecule has 0 aliphatic rings. The predicted octanol–water partition coefficient (Wildman–Crippen LogP) is 3.11. The summed E-state index contributed by atoms with van der Waals surface area (Å²) in [6, 6.07) is 8.13. The first-order chi connectivity index (χ1) is 6.63. The third kappa shape index (κ3) is 3.42. The van der Waals surface area contributed by atoms with Gasteiger partial charge < -0.3 is 5.01 Å². The molecule has 0 spiro atoms. The van der Waals surface area contributed by atoms with E-state index in [9.17, 15) is 0 Å². The van der Waals surface area contributed by atoms with Gasteiger partial charge in [-0.15, -0.1) is 0 Å². The molecule has 0 aliphatic heterocycles. The lowest BCUT2D eigenvalue weighted by Gasteiger charge is -2.08. The van der Waals surface area contributed by atoms with E-state index < -0.39 is 0 Å². The van der Waals surface area contributed by atoms with Crippen molar-refractivity contribution >= 4 is 37.6 Å². The van der Waals surface area contributed by atoms with Crippen LogP contribution in [0.25, 0.3) is 0 Å². The fraction of sp³-hybridized carbons (Fsp3) is 0.300. The Morgan fingerprint density at radius 3 is 2.29 bits per heavy atom. The normalized spacial score (nSPS) is 11.6. The predicted molar refractivity (Wildman–Crippen MR) is 68.2 cm³/mol. The first-order valence-electron chi connectivity index (χ1n) is 4.20. The van der Waals surface area contributed by atoms with Gasteiger partial charge in [-0.25, -0.2) is 0 Å².